The van der Waals surface area contributed by atoms with E-state index in [-0.39, 0.29) is 17.9 Å². The normalized spacial score (nSPS) is 14.4. The molecule has 1 aliphatic rings. The molecule has 168 valence electrons. The molecule has 1 fully saturated rings. The Morgan fingerprint density at radius 1 is 1.19 bits per heavy atom. The van der Waals surface area contributed by atoms with Gasteiger partial charge in [-0.15, -0.1) is 11.3 Å². The Morgan fingerprint density at radius 2 is 1.91 bits per heavy atom. The van der Waals surface area contributed by atoms with Crippen LogP contribution in [0.5, 0.6) is 5.75 Å². The number of amides is 2. The van der Waals surface area contributed by atoms with Gasteiger partial charge in [-0.05, 0) is 63.9 Å². The number of likely N-dealkylation sites (tertiary alicyclic amines) is 1. The second kappa shape index (κ2) is 9.56. The Labute approximate surface area is 191 Å². The number of aryl methyl sites for hydroxylation is 2. The molecule has 0 aliphatic carbocycles. The number of hydrogen-bond acceptors (Lipinski definition) is 6. The number of thiazole rings is 1. The maximum atomic E-state index is 13.1. The van der Waals surface area contributed by atoms with Crippen LogP contribution in [0.3, 0.4) is 0 Å². The lowest BCUT2D eigenvalue weighted by Gasteiger charge is -2.32. The van der Waals surface area contributed by atoms with Crippen LogP contribution in [-0.4, -0.2) is 47.4 Å². The first-order chi connectivity index (χ1) is 15.5. The number of piperidine rings is 1. The van der Waals surface area contributed by atoms with E-state index in [1.165, 1.54) is 17.6 Å². The van der Waals surface area contributed by atoms with Gasteiger partial charge in [0.2, 0.25) is 0 Å². The smallest absolute Gasteiger partial charge is 0.287 e. The van der Waals surface area contributed by atoms with Crippen molar-refractivity contribution >= 4 is 23.2 Å². The molecule has 3 heterocycles. The zero-order chi connectivity index (χ0) is 22.7. The number of ether oxygens (including phenoxy) is 1. The second-order valence-electron chi connectivity index (χ2n) is 7.86. The number of carbonyl (C=O) groups excluding carboxylic acids is 2. The summed E-state index contributed by atoms with van der Waals surface area (Å²) >= 11 is 1.42. The molecule has 4 rings (SSSR count). The molecule has 0 bridgehead atoms. The monoisotopic (exact) mass is 453 g/mol. The average molecular weight is 454 g/mol. The van der Waals surface area contributed by atoms with Gasteiger partial charge in [-0.1, -0.05) is 0 Å². The fraction of sp³-hybridized carbons (Fsp3) is 0.375. The van der Waals surface area contributed by atoms with Gasteiger partial charge in [-0.3, -0.25) is 9.59 Å². The zero-order valence-electron chi connectivity index (χ0n) is 18.5. The van der Waals surface area contributed by atoms with E-state index in [0.29, 0.717) is 43.2 Å². The first-order valence-electron chi connectivity index (χ1n) is 10.8. The SMILES string of the molecule is CCOc1ccc(-c2nc(C)c(C(=O)N3CCC(NC(=O)c4occc4C)CC3)s2)cc1. The highest BCUT2D eigenvalue weighted by atomic mass is 32.1. The Kier molecular flexibility index (Phi) is 6.60. The first-order valence-corrected chi connectivity index (χ1v) is 11.6. The molecule has 0 atom stereocenters. The van der Waals surface area contributed by atoms with Gasteiger partial charge in [0.15, 0.2) is 5.76 Å². The van der Waals surface area contributed by atoms with E-state index < -0.39 is 0 Å². The van der Waals surface area contributed by atoms with E-state index in [1.54, 1.807) is 6.07 Å². The number of furan rings is 1. The highest BCUT2D eigenvalue weighted by Gasteiger charge is 2.28. The molecule has 1 N–H and O–H groups in total. The van der Waals surface area contributed by atoms with Gasteiger partial charge < -0.3 is 19.4 Å². The van der Waals surface area contributed by atoms with Crippen LogP contribution < -0.4 is 10.1 Å². The van der Waals surface area contributed by atoms with E-state index >= 15 is 0 Å². The minimum absolute atomic E-state index is 0.00356. The summed E-state index contributed by atoms with van der Waals surface area (Å²) in [7, 11) is 0. The van der Waals surface area contributed by atoms with Crippen LogP contribution in [0.1, 0.15) is 51.2 Å². The number of nitrogens with one attached hydrogen (secondary N) is 1. The van der Waals surface area contributed by atoms with Crippen molar-refractivity contribution in [2.24, 2.45) is 0 Å². The quantitative estimate of drug-likeness (QED) is 0.596. The molecule has 1 aliphatic heterocycles. The minimum Gasteiger partial charge on any atom is -0.494 e. The van der Waals surface area contributed by atoms with E-state index in [2.05, 4.69) is 10.3 Å². The summed E-state index contributed by atoms with van der Waals surface area (Å²) in [5.74, 6) is 0.975. The molecule has 0 radical (unpaired) electrons. The fourth-order valence-corrected chi connectivity index (χ4v) is 4.85. The summed E-state index contributed by atoms with van der Waals surface area (Å²) in [5, 5.41) is 3.85. The van der Waals surface area contributed by atoms with Crippen molar-refractivity contribution in [2.75, 3.05) is 19.7 Å². The van der Waals surface area contributed by atoms with Gasteiger partial charge in [-0.25, -0.2) is 4.98 Å². The van der Waals surface area contributed by atoms with E-state index in [9.17, 15) is 9.59 Å². The summed E-state index contributed by atoms with van der Waals surface area (Å²) in [4.78, 5) is 32.7. The van der Waals surface area contributed by atoms with Crippen molar-refractivity contribution < 1.29 is 18.7 Å². The van der Waals surface area contributed by atoms with E-state index in [4.69, 9.17) is 9.15 Å². The third-order valence-electron chi connectivity index (χ3n) is 5.59. The summed E-state index contributed by atoms with van der Waals surface area (Å²) < 4.78 is 10.8. The van der Waals surface area contributed by atoms with E-state index in [0.717, 1.165) is 27.6 Å². The van der Waals surface area contributed by atoms with Crippen molar-refractivity contribution in [1.82, 2.24) is 15.2 Å². The Bertz CT molecular complexity index is 1090. The maximum absolute atomic E-state index is 13.1. The summed E-state index contributed by atoms with van der Waals surface area (Å²) in [6.07, 6.45) is 2.94. The Morgan fingerprint density at radius 3 is 2.53 bits per heavy atom. The van der Waals surface area contributed by atoms with Gasteiger partial charge >= 0.3 is 0 Å². The van der Waals surface area contributed by atoms with Gasteiger partial charge in [0.05, 0.1) is 18.6 Å². The van der Waals surface area contributed by atoms with Crippen molar-refractivity contribution in [3.63, 3.8) is 0 Å². The highest BCUT2D eigenvalue weighted by Crippen LogP contribution is 2.30. The molecular weight excluding hydrogens is 426 g/mol. The lowest BCUT2D eigenvalue weighted by molar-refractivity contribution is 0.0699. The number of nitrogens with zero attached hydrogens (tertiary/aromatic N) is 2. The predicted molar refractivity (Wildman–Crippen MR) is 123 cm³/mol. The summed E-state index contributed by atoms with van der Waals surface area (Å²) in [6, 6.07) is 9.56. The lowest BCUT2D eigenvalue weighted by atomic mass is 10.0. The maximum Gasteiger partial charge on any atom is 0.287 e. The molecule has 2 amide bonds. The van der Waals surface area contributed by atoms with E-state index in [1.807, 2.05) is 49.9 Å². The molecule has 2 aromatic heterocycles. The van der Waals surface area contributed by atoms with Crippen molar-refractivity contribution in [1.29, 1.82) is 0 Å². The topological polar surface area (TPSA) is 84.7 Å². The van der Waals surface area contributed by atoms with Crippen molar-refractivity contribution in [3.05, 3.63) is 58.5 Å². The van der Waals surface area contributed by atoms with Crippen LogP contribution >= 0.6 is 11.3 Å². The van der Waals surface area contributed by atoms with Crippen LogP contribution in [0.15, 0.2) is 41.0 Å². The van der Waals surface area contributed by atoms with Crippen LogP contribution in [0.2, 0.25) is 0 Å². The van der Waals surface area contributed by atoms with Gasteiger partial charge in [0, 0.05) is 30.3 Å². The van der Waals surface area contributed by atoms with Crippen molar-refractivity contribution in [3.8, 4) is 16.3 Å². The minimum atomic E-state index is -0.199. The molecule has 1 saturated heterocycles. The number of rotatable bonds is 6. The molecule has 3 aromatic rings. The summed E-state index contributed by atoms with van der Waals surface area (Å²) in [5.41, 5.74) is 2.53. The molecule has 7 nitrogen and oxygen atoms in total. The molecule has 0 spiro atoms. The van der Waals surface area contributed by atoms with Crippen LogP contribution in [0.4, 0.5) is 0 Å². The molecule has 32 heavy (non-hydrogen) atoms. The van der Waals surface area contributed by atoms with Crippen LogP contribution in [0, 0.1) is 13.8 Å². The summed E-state index contributed by atoms with van der Waals surface area (Å²) in [6.45, 7) is 7.48. The fourth-order valence-electron chi connectivity index (χ4n) is 3.81. The first kappa shape index (κ1) is 22.1. The highest BCUT2D eigenvalue weighted by molar-refractivity contribution is 7.17. The van der Waals surface area contributed by atoms with Crippen molar-refractivity contribution in [2.45, 2.75) is 39.7 Å². The molecule has 0 unspecified atom stereocenters. The zero-order valence-corrected chi connectivity index (χ0v) is 19.3. The number of aromatic nitrogens is 1. The molecular formula is C24H27N3O4S. The molecule has 8 heteroatoms. The predicted octanol–water partition coefficient (Wildman–Crippen LogP) is 4.45. The van der Waals surface area contributed by atoms with Gasteiger partial charge in [-0.2, -0.15) is 0 Å². The van der Waals surface area contributed by atoms with Crippen LogP contribution in [0.25, 0.3) is 10.6 Å². The average Bonchev–Trinajstić information content (AvgIpc) is 3.40. The van der Waals surface area contributed by atoms with Gasteiger partial charge in [0.25, 0.3) is 11.8 Å². The Hall–Kier alpha value is -3.13. The largest absolute Gasteiger partial charge is 0.494 e. The third-order valence-corrected chi connectivity index (χ3v) is 6.78. The molecule has 1 aromatic carbocycles. The van der Waals surface area contributed by atoms with Gasteiger partial charge in [0.1, 0.15) is 15.6 Å². The number of carbonyl (C=O) groups is 2. The Balaban J connectivity index is 1.37. The lowest BCUT2D eigenvalue weighted by Crippen LogP contribution is -2.46. The molecule has 0 saturated carbocycles. The number of benzene rings is 1. The van der Waals surface area contributed by atoms with Crippen LogP contribution in [-0.2, 0) is 0 Å². The second-order valence-corrected chi connectivity index (χ2v) is 8.86. The standard InChI is InChI=1S/C24H27N3O4S/c1-4-30-19-7-5-17(6-8-19)23-25-16(3)21(32-23)24(29)27-12-9-18(10-13-27)26-22(28)20-15(2)11-14-31-20/h5-8,11,14,18H,4,9-10,12-13H2,1-3H3,(H,26,28). The number of hydrogen-bond donors (Lipinski definition) is 1. The third kappa shape index (κ3) is 4.70.